The number of nitrogens with one attached hydrogen (secondary N) is 1. The van der Waals surface area contributed by atoms with Gasteiger partial charge in [-0.3, -0.25) is 5.10 Å². The second-order valence-corrected chi connectivity index (χ2v) is 3.59. The molecule has 0 atom stereocenters. The van der Waals surface area contributed by atoms with Crippen LogP contribution in [0.2, 0.25) is 0 Å². The summed E-state index contributed by atoms with van der Waals surface area (Å²) in [7, 11) is 0. The van der Waals surface area contributed by atoms with Crippen LogP contribution in [0, 0.1) is 0 Å². The highest BCUT2D eigenvalue weighted by molar-refractivity contribution is 8.02. The number of aromatic nitrogens is 2. The maximum Gasteiger partial charge on any atom is 0.0885 e. The number of aryl methyl sites for hydroxylation is 1. The molecule has 1 aromatic rings. The number of hydrogen-bond acceptors (Lipinski definition) is 2. The van der Waals surface area contributed by atoms with Gasteiger partial charge in [0.15, 0.2) is 0 Å². The lowest BCUT2D eigenvalue weighted by Crippen LogP contribution is -1.79. The van der Waals surface area contributed by atoms with Crippen molar-refractivity contribution in [1.29, 1.82) is 0 Å². The van der Waals surface area contributed by atoms with Gasteiger partial charge in [0, 0.05) is 6.20 Å². The number of thioether (sulfide) groups is 1. The Hall–Kier alpha value is -0.700. The lowest BCUT2D eigenvalue weighted by Gasteiger charge is -1.90. The molecule has 12 heavy (non-hydrogen) atoms. The third-order valence-electron chi connectivity index (χ3n) is 1.62. The van der Waals surface area contributed by atoms with Crippen molar-refractivity contribution in [3.05, 3.63) is 22.9 Å². The van der Waals surface area contributed by atoms with Crippen LogP contribution in [0.3, 0.4) is 0 Å². The molecule has 0 saturated heterocycles. The van der Waals surface area contributed by atoms with Crippen molar-refractivity contribution in [2.75, 3.05) is 5.75 Å². The van der Waals surface area contributed by atoms with Gasteiger partial charge in [0.2, 0.25) is 0 Å². The molecule has 0 saturated carbocycles. The van der Waals surface area contributed by atoms with Gasteiger partial charge in [-0.05, 0) is 29.2 Å². The summed E-state index contributed by atoms with van der Waals surface area (Å²) in [5, 5.41) is 9.09. The fraction of sp³-hybridized carbons (Fsp3) is 0.444. The molecular formula is C9H14N2S. The van der Waals surface area contributed by atoms with E-state index in [0.717, 1.165) is 17.9 Å². The van der Waals surface area contributed by atoms with Crippen LogP contribution in [0.5, 0.6) is 0 Å². The molecule has 0 radical (unpaired) electrons. The molecule has 1 heterocycles. The summed E-state index contributed by atoms with van der Waals surface area (Å²) in [6.07, 6.45) is 5.05. The molecule has 0 spiro atoms. The third-order valence-corrected chi connectivity index (χ3v) is 2.28. The fourth-order valence-electron chi connectivity index (χ4n) is 0.962. The van der Waals surface area contributed by atoms with Gasteiger partial charge in [-0.2, -0.15) is 5.10 Å². The van der Waals surface area contributed by atoms with E-state index in [4.69, 9.17) is 0 Å². The molecule has 1 rings (SSSR count). The van der Waals surface area contributed by atoms with E-state index in [-0.39, 0.29) is 0 Å². The van der Waals surface area contributed by atoms with E-state index in [0.29, 0.717) is 0 Å². The Bertz CT molecular complexity index is 253. The summed E-state index contributed by atoms with van der Waals surface area (Å²) >= 11 is 1.79. The molecule has 0 aliphatic rings. The minimum Gasteiger partial charge on any atom is -0.285 e. The van der Waals surface area contributed by atoms with Crippen molar-refractivity contribution in [3.63, 3.8) is 0 Å². The molecule has 0 bridgehead atoms. The molecule has 0 amide bonds. The largest absolute Gasteiger partial charge is 0.285 e. The Labute approximate surface area is 77.5 Å². The first-order valence-electron chi connectivity index (χ1n) is 4.19. The van der Waals surface area contributed by atoms with Crippen LogP contribution in [-0.4, -0.2) is 16.0 Å². The Morgan fingerprint density at radius 1 is 1.58 bits per heavy atom. The van der Waals surface area contributed by atoms with Gasteiger partial charge in [-0.15, -0.1) is 11.8 Å². The molecule has 0 unspecified atom stereocenters. The third kappa shape index (κ3) is 2.41. The van der Waals surface area contributed by atoms with E-state index >= 15 is 0 Å². The number of rotatable bonds is 4. The molecule has 3 heteroatoms. The molecule has 0 aromatic carbocycles. The van der Waals surface area contributed by atoms with Crippen molar-refractivity contribution < 1.29 is 0 Å². The van der Waals surface area contributed by atoms with E-state index in [1.807, 2.05) is 6.20 Å². The van der Waals surface area contributed by atoms with Gasteiger partial charge in [0.25, 0.3) is 0 Å². The summed E-state index contributed by atoms with van der Waals surface area (Å²) in [5.41, 5.74) is 2.35. The van der Waals surface area contributed by atoms with E-state index in [2.05, 4.69) is 35.5 Å². The average Bonchev–Trinajstić information content (AvgIpc) is 2.52. The summed E-state index contributed by atoms with van der Waals surface area (Å²) in [6.45, 7) is 4.27. The first-order valence-corrected chi connectivity index (χ1v) is 5.24. The fourth-order valence-corrected chi connectivity index (χ4v) is 1.38. The number of nitrogens with zero attached hydrogens (tertiary/aromatic N) is 1. The van der Waals surface area contributed by atoms with E-state index in [9.17, 15) is 0 Å². The second-order valence-electron chi connectivity index (χ2n) is 2.41. The van der Waals surface area contributed by atoms with Crippen molar-refractivity contribution >= 4 is 17.8 Å². The Kier molecular flexibility index (Phi) is 3.94. The average molecular weight is 182 g/mol. The maximum atomic E-state index is 4.13. The topological polar surface area (TPSA) is 28.7 Å². The second kappa shape index (κ2) is 5.04. The zero-order valence-corrected chi connectivity index (χ0v) is 8.32. The van der Waals surface area contributed by atoms with Crippen LogP contribution in [0.25, 0.3) is 6.08 Å². The SMILES string of the molecule is CCSC=Cc1n[nH]cc1CC. The molecule has 0 fully saturated rings. The lowest BCUT2D eigenvalue weighted by molar-refractivity contribution is 1.08. The zero-order valence-electron chi connectivity index (χ0n) is 7.50. The predicted molar refractivity (Wildman–Crippen MR) is 55.1 cm³/mol. The minimum atomic E-state index is 1.03. The molecule has 66 valence electrons. The molecular weight excluding hydrogens is 168 g/mol. The van der Waals surface area contributed by atoms with Crippen molar-refractivity contribution in [1.82, 2.24) is 10.2 Å². The van der Waals surface area contributed by atoms with Gasteiger partial charge in [0.05, 0.1) is 5.69 Å². The van der Waals surface area contributed by atoms with Crippen LogP contribution in [0.15, 0.2) is 11.6 Å². The summed E-state index contributed by atoms with van der Waals surface area (Å²) < 4.78 is 0. The van der Waals surface area contributed by atoms with E-state index in [1.54, 1.807) is 11.8 Å². The maximum absolute atomic E-state index is 4.13. The number of hydrogen-bond donors (Lipinski definition) is 1. The van der Waals surface area contributed by atoms with Crippen LogP contribution in [0.1, 0.15) is 25.1 Å². The molecule has 1 aromatic heterocycles. The first-order chi connectivity index (χ1) is 5.88. The summed E-state index contributed by atoms with van der Waals surface area (Å²) in [5.74, 6) is 1.11. The molecule has 0 aliphatic heterocycles. The first kappa shape index (κ1) is 9.39. The number of aromatic amines is 1. The van der Waals surface area contributed by atoms with Crippen LogP contribution >= 0.6 is 11.8 Å². The monoisotopic (exact) mass is 182 g/mol. The molecule has 2 nitrogen and oxygen atoms in total. The van der Waals surface area contributed by atoms with Gasteiger partial charge in [-0.1, -0.05) is 13.8 Å². The number of H-pyrrole nitrogens is 1. The standard InChI is InChI=1S/C9H14N2S/c1-3-8-7-10-11-9(8)5-6-12-4-2/h5-7H,3-4H2,1-2H3,(H,10,11). The van der Waals surface area contributed by atoms with Crippen molar-refractivity contribution in [2.24, 2.45) is 0 Å². The predicted octanol–water partition coefficient (Wildman–Crippen LogP) is 2.70. The Morgan fingerprint density at radius 3 is 3.08 bits per heavy atom. The highest BCUT2D eigenvalue weighted by Gasteiger charge is 1.97. The highest BCUT2D eigenvalue weighted by Crippen LogP contribution is 2.10. The van der Waals surface area contributed by atoms with Gasteiger partial charge >= 0.3 is 0 Å². The highest BCUT2D eigenvalue weighted by atomic mass is 32.2. The lowest BCUT2D eigenvalue weighted by atomic mass is 10.2. The normalized spacial score (nSPS) is 11.2. The van der Waals surface area contributed by atoms with Crippen LogP contribution < -0.4 is 0 Å². The van der Waals surface area contributed by atoms with E-state index < -0.39 is 0 Å². The van der Waals surface area contributed by atoms with Gasteiger partial charge in [0.1, 0.15) is 0 Å². The van der Waals surface area contributed by atoms with Crippen molar-refractivity contribution in [3.8, 4) is 0 Å². The molecule has 1 N–H and O–H groups in total. The smallest absolute Gasteiger partial charge is 0.0885 e. The van der Waals surface area contributed by atoms with Crippen molar-refractivity contribution in [2.45, 2.75) is 20.3 Å². The summed E-state index contributed by atoms with van der Waals surface area (Å²) in [4.78, 5) is 0. The van der Waals surface area contributed by atoms with Crippen LogP contribution in [0.4, 0.5) is 0 Å². The van der Waals surface area contributed by atoms with Crippen LogP contribution in [-0.2, 0) is 6.42 Å². The zero-order chi connectivity index (χ0) is 8.81. The molecule has 0 aliphatic carbocycles. The van der Waals surface area contributed by atoms with Gasteiger partial charge in [-0.25, -0.2) is 0 Å². The summed E-state index contributed by atoms with van der Waals surface area (Å²) in [6, 6.07) is 0. The minimum absolute atomic E-state index is 1.03. The van der Waals surface area contributed by atoms with E-state index in [1.165, 1.54) is 5.56 Å². The quantitative estimate of drug-likeness (QED) is 0.775. The van der Waals surface area contributed by atoms with Gasteiger partial charge < -0.3 is 0 Å². The Morgan fingerprint density at radius 2 is 2.42 bits per heavy atom. The Balaban J connectivity index is 2.61.